The maximum Gasteiger partial charge on any atom is 0.191 e. The van der Waals surface area contributed by atoms with Crippen molar-refractivity contribution in [2.24, 2.45) is 4.99 Å². The lowest BCUT2D eigenvalue weighted by atomic mass is 10.2. The predicted molar refractivity (Wildman–Crippen MR) is 98.0 cm³/mol. The van der Waals surface area contributed by atoms with Crippen molar-refractivity contribution in [1.82, 2.24) is 10.6 Å². The van der Waals surface area contributed by atoms with Crippen LogP contribution in [-0.4, -0.2) is 25.7 Å². The molecule has 2 aromatic rings. The molecule has 2 N–H and O–H groups in total. The van der Waals surface area contributed by atoms with Crippen molar-refractivity contribution in [3.05, 3.63) is 57.8 Å². The van der Waals surface area contributed by atoms with E-state index >= 15 is 0 Å². The molecule has 1 aromatic carbocycles. The van der Waals surface area contributed by atoms with Gasteiger partial charge in [0.25, 0.3) is 0 Å². The van der Waals surface area contributed by atoms with Gasteiger partial charge in [-0.15, -0.1) is 11.3 Å². The van der Waals surface area contributed by atoms with E-state index in [0.29, 0.717) is 19.8 Å². The fourth-order valence-electron chi connectivity index (χ4n) is 2.06. The molecule has 2 rings (SSSR count). The molecular weight excluding hydrogens is 306 g/mol. The number of aliphatic imine (C=N–C) groups is 1. The third kappa shape index (κ3) is 6.42. The molecule has 23 heavy (non-hydrogen) atoms. The molecule has 0 atom stereocenters. The minimum Gasteiger partial charge on any atom is -0.375 e. The van der Waals surface area contributed by atoms with Crippen LogP contribution in [0.25, 0.3) is 0 Å². The second-order valence-corrected chi connectivity index (χ2v) is 6.19. The zero-order chi connectivity index (χ0) is 16.3. The van der Waals surface area contributed by atoms with Gasteiger partial charge in [0.15, 0.2) is 5.96 Å². The van der Waals surface area contributed by atoms with Gasteiger partial charge in [-0.25, -0.2) is 4.99 Å². The molecule has 0 fully saturated rings. The molecule has 124 valence electrons. The summed E-state index contributed by atoms with van der Waals surface area (Å²) in [5.74, 6) is 0.837. The Hall–Kier alpha value is -1.85. The van der Waals surface area contributed by atoms with Gasteiger partial charge in [0, 0.05) is 18.0 Å². The number of nitrogens with one attached hydrogen (secondary N) is 2. The Labute approximate surface area is 142 Å². The molecule has 4 nitrogen and oxygen atoms in total. The number of nitrogens with zero attached hydrogens (tertiary/aromatic N) is 1. The third-order valence-corrected chi connectivity index (χ3v) is 4.35. The number of benzene rings is 1. The van der Waals surface area contributed by atoms with E-state index < -0.39 is 0 Å². The first kappa shape index (κ1) is 17.5. The predicted octanol–water partition coefficient (Wildman–Crippen LogP) is 3.33. The molecule has 0 aliphatic heterocycles. The van der Waals surface area contributed by atoms with Crippen molar-refractivity contribution < 1.29 is 4.74 Å². The molecule has 0 saturated heterocycles. The molecule has 0 unspecified atom stereocenters. The summed E-state index contributed by atoms with van der Waals surface area (Å²) in [5, 5.41) is 8.68. The fraction of sp³-hybridized carbons (Fsp3) is 0.389. The summed E-state index contributed by atoms with van der Waals surface area (Å²) in [5.41, 5.74) is 2.50. The number of rotatable bonds is 8. The van der Waals surface area contributed by atoms with Crippen molar-refractivity contribution in [3.8, 4) is 0 Å². The standard InChI is InChI=1S/C18H25N3OS/c1-3-19-18(21-13-17-15(2)9-12-23-17)20-10-11-22-14-16-7-5-4-6-8-16/h4-9,12H,3,10-11,13-14H2,1-2H3,(H2,19,20,21). The van der Waals surface area contributed by atoms with Gasteiger partial charge < -0.3 is 15.4 Å². The van der Waals surface area contributed by atoms with Crippen LogP contribution < -0.4 is 10.6 Å². The number of thiophene rings is 1. The molecular formula is C18H25N3OS. The van der Waals surface area contributed by atoms with E-state index in [1.165, 1.54) is 16.0 Å². The van der Waals surface area contributed by atoms with Gasteiger partial charge in [-0.3, -0.25) is 0 Å². The molecule has 0 saturated carbocycles. The third-order valence-electron chi connectivity index (χ3n) is 3.34. The van der Waals surface area contributed by atoms with E-state index in [-0.39, 0.29) is 0 Å². The zero-order valence-electron chi connectivity index (χ0n) is 13.8. The summed E-state index contributed by atoms with van der Waals surface area (Å²) < 4.78 is 5.67. The Morgan fingerprint density at radius 1 is 1.17 bits per heavy atom. The Morgan fingerprint density at radius 3 is 2.70 bits per heavy atom. The van der Waals surface area contributed by atoms with Crippen LogP contribution in [0, 0.1) is 6.92 Å². The quantitative estimate of drug-likeness (QED) is 0.443. The topological polar surface area (TPSA) is 45.7 Å². The van der Waals surface area contributed by atoms with Crippen LogP contribution in [0.3, 0.4) is 0 Å². The zero-order valence-corrected chi connectivity index (χ0v) is 14.7. The number of hydrogen-bond donors (Lipinski definition) is 2. The Morgan fingerprint density at radius 2 is 2.00 bits per heavy atom. The molecule has 5 heteroatoms. The van der Waals surface area contributed by atoms with Gasteiger partial charge in [-0.2, -0.15) is 0 Å². The summed E-state index contributed by atoms with van der Waals surface area (Å²) in [7, 11) is 0. The van der Waals surface area contributed by atoms with E-state index in [4.69, 9.17) is 4.74 Å². The van der Waals surface area contributed by atoms with E-state index in [1.807, 2.05) is 18.2 Å². The first-order valence-corrected chi connectivity index (χ1v) is 8.84. The molecule has 0 bridgehead atoms. The number of guanidine groups is 1. The summed E-state index contributed by atoms with van der Waals surface area (Å²) in [6, 6.07) is 12.3. The van der Waals surface area contributed by atoms with Crippen LogP contribution in [0.5, 0.6) is 0 Å². The number of hydrogen-bond acceptors (Lipinski definition) is 3. The van der Waals surface area contributed by atoms with Crippen LogP contribution in [0.1, 0.15) is 22.9 Å². The van der Waals surface area contributed by atoms with E-state index in [0.717, 1.165) is 19.0 Å². The van der Waals surface area contributed by atoms with Crippen molar-refractivity contribution in [2.45, 2.75) is 27.0 Å². The minimum atomic E-state index is 0.643. The van der Waals surface area contributed by atoms with Crippen molar-refractivity contribution in [3.63, 3.8) is 0 Å². The van der Waals surface area contributed by atoms with E-state index in [1.54, 1.807) is 11.3 Å². The smallest absolute Gasteiger partial charge is 0.191 e. The Kier molecular flexibility index (Phi) is 7.63. The molecule has 1 heterocycles. The second kappa shape index (κ2) is 10.0. The first-order valence-electron chi connectivity index (χ1n) is 7.96. The van der Waals surface area contributed by atoms with Crippen molar-refractivity contribution in [1.29, 1.82) is 0 Å². The highest BCUT2D eigenvalue weighted by atomic mass is 32.1. The van der Waals surface area contributed by atoms with Gasteiger partial charge in [0.05, 0.1) is 19.8 Å². The van der Waals surface area contributed by atoms with Gasteiger partial charge in [-0.1, -0.05) is 30.3 Å². The van der Waals surface area contributed by atoms with Gasteiger partial charge in [0.1, 0.15) is 0 Å². The van der Waals surface area contributed by atoms with Crippen molar-refractivity contribution >= 4 is 17.3 Å². The lowest BCUT2D eigenvalue weighted by Gasteiger charge is -2.11. The highest BCUT2D eigenvalue weighted by molar-refractivity contribution is 7.10. The van der Waals surface area contributed by atoms with Crippen LogP contribution in [-0.2, 0) is 17.9 Å². The highest BCUT2D eigenvalue weighted by Gasteiger charge is 2.01. The maximum absolute atomic E-state index is 5.67. The summed E-state index contributed by atoms with van der Waals surface area (Å²) in [6.07, 6.45) is 0. The van der Waals surface area contributed by atoms with Crippen molar-refractivity contribution in [2.75, 3.05) is 19.7 Å². The summed E-state index contributed by atoms with van der Waals surface area (Å²) >= 11 is 1.75. The molecule has 0 aliphatic rings. The lowest BCUT2D eigenvalue weighted by molar-refractivity contribution is 0.125. The van der Waals surface area contributed by atoms with Gasteiger partial charge >= 0.3 is 0 Å². The monoisotopic (exact) mass is 331 g/mol. The highest BCUT2D eigenvalue weighted by Crippen LogP contribution is 2.16. The first-order chi connectivity index (χ1) is 11.3. The van der Waals surface area contributed by atoms with E-state index in [2.05, 4.69) is 53.1 Å². The Bertz CT molecular complexity index is 595. The fourth-order valence-corrected chi connectivity index (χ4v) is 2.89. The molecule has 0 spiro atoms. The molecule has 1 aromatic heterocycles. The Balaban J connectivity index is 1.70. The molecule has 0 amide bonds. The minimum absolute atomic E-state index is 0.643. The van der Waals surface area contributed by atoms with Crippen LogP contribution in [0.4, 0.5) is 0 Å². The SMILES string of the molecule is CCNC(=NCc1sccc1C)NCCOCc1ccccc1. The number of ether oxygens (including phenoxy) is 1. The van der Waals surface area contributed by atoms with Gasteiger partial charge in [0.2, 0.25) is 0 Å². The largest absolute Gasteiger partial charge is 0.375 e. The summed E-state index contributed by atoms with van der Waals surface area (Å²) in [6.45, 7) is 7.78. The lowest BCUT2D eigenvalue weighted by Crippen LogP contribution is -2.38. The molecule has 0 aliphatic carbocycles. The average molecular weight is 331 g/mol. The normalized spacial score (nSPS) is 11.5. The maximum atomic E-state index is 5.67. The molecule has 0 radical (unpaired) electrons. The van der Waals surface area contributed by atoms with Crippen LogP contribution in [0.15, 0.2) is 46.8 Å². The average Bonchev–Trinajstić information content (AvgIpc) is 2.98. The van der Waals surface area contributed by atoms with E-state index in [9.17, 15) is 0 Å². The second-order valence-electron chi connectivity index (χ2n) is 5.19. The summed E-state index contributed by atoms with van der Waals surface area (Å²) in [4.78, 5) is 5.93. The van der Waals surface area contributed by atoms with Crippen LogP contribution >= 0.6 is 11.3 Å². The number of aryl methyl sites for hydroxylation is 1. The van der Waals surface area contributed by atoms with Gasteiger partial charge in [-0.05, 0) is 36.4 Å². The van der Waals surface area contributed by atoms with Crippen LogP contribution in [0.2, 0.25) is 0 Å².